The lowest BCUT2D eigenvalue weighted by atomic mass is 10.1. The Morgan fingerprint density at radius 1 is 1.57 bits per heavy atom. The maximum atomic E-state index is 13.0. The highest BCUT2D eigenvalue weighted by Gasteiger charge is 2.20. The van der Waals surface area contributed by atoms with Crippen LogP contribution < -0.4 is 0 Å². The Bertz CT molecular complexity index is 387. The zero-order chi connectivity index (χ0) is 10.7. The second-order valence-electron chi connectivity index (χ2n) is 2.42. The van der Waals surface area contributed by atoms with Gasteiger partial charge in [0, 0.05) is 5.56 Å². The van der Waals surface area contributed by atoms with Gasteiger partial charge in [0.15, 0.2) is 0 Å². The van der Waals surface area contributed by atoms with Crippen molar-refractivity contribution in [2.75, 3.05) is 0 Å². The van der Waals surface area contributed by atoms with Crippen molar-refractivity contribution in [3.63, 3.8) is 0 Å². The minimum atomic E-state index is -2.85. The molecule has 6 heteroatoms. The number of aromatic nitrogens is 1. The third-order valence-corrected chi connectivity index (χ3v) is 2.23. The van der Waals surface area contributed by atoms with Gasteiger partial charge in [0.25, 0.3) is 6.43 Å². The lowest BCUT2D eigenvalue weighted by Crippen LogP contribution is -2.01. The van der Waals surface area contributed by atoms with Gasteiger partial charge in [-0.3, -0.25) is 0 Å². The van der Waals surface area contributed by atoms with E-state index in [4.69, 9.17) is 5.26 Å². The summed E-state index contributed by atoms with van der Waals surface area (Å²) in [5.41, 5.74) is -0.851. The van der Waals surface area contributed by atoms with Crippen LogP contribution in [0.25, 0.3) is 0 Å². The summed E-state index contributed by atoms with van der Waals surface area (Å²) in [6, 6.07) is 1.63. The molecule has 0 radical (unpaired) electrons. The van der Waals surface area contributed by atoms with Crippen LogP contribution in [0.5, 0.6) is 0 Å². The third-order valence-electron chi connectivity index (χ3n) is 1.60. The summed E-state index contributed by atoms with van der Waals surface area (Å²) in [6.45, 7) is 0. The molecule has 0 amide bonds. The van der Waals surface area contributed by atoms with Crippen LogP contribution in [0.15, 0.2) is 10.8 Å². The lowest BCUT2D eigenvalue weighted by Gasteiger charge is -2.08. The molecule has 0 unspecified atom stereocenters. The van der Waals surface area contributed by atoms with Crippen LogP contribution in [0.2, 0.25) is 0 Å². The summed E-state index contributed by atoms with van der Waals surface area (Å²) in [7, 11) is 0. The number of hydrogen-bond acceptors (Lipinski definition) is 2. The highest BCUT2D eigenvalue weighted by molar-refractivity contribution is 9.10. The molecule has 74 valence electrons. The topological polar surface area (TPSA) is 36.7 Å². The summed E-state index contributed by atoms with van der Waals surface area (Å²) in [6.07, 6.45) is -2.44. The highest BCUT2D eigenvalue weighted by atomic mass is 79.9. The van der Waals surface area contributed by atoms with Crippen molar-refractivity contribution in [3.05, 3.63) is 27.7 Å². The van der Waals surface area contributed by atoms with E-state index in [2.05, 4.69) is 20.9 Å². The monoisotopic (exact) mass is 264 g/mol. The van der Waals surface area contributed by atoms with Crippen molar-refractivity contribution in [1.29, 1.82) is 5.26 Å². The molecule has 0 aromatic carbocycles. The molecule has 0 N–H and O–H groups in total. The molecule has 0 aliphatic rings. The van der Waals surface area contributed by atoms with Gasteiger partial charge in [-0.05, 0) is 15.9 Å². The van der Waals surface area contributed by atoms with E-state index in [1.165, 1.54) is 0 Å². The van der Waals surface area contributed by atoms with Gasteiger partial charge in [0.2, 0.25) is 0 Å². The van der Waals surface area contributed by atoms with Crippen molar-refractivity contribution in [2.24, 2.45) is 0 Å². The molecule has 0 aliphatic heterocycles. The molecule has 0 saturated carbocycles. The molecule has 1 aromatic rings. The van der Waals surface area contributed by atoms with E-state index in [9.17, 15) is 13.2 Å². The summed E-state index contributed by atoms with van der Waals surface area (Å²) in [5, 5.41) is 8.34. The Morgan fingerprint density at radius 3 is 2.71 bits per heavy atom. The molecule has 0 bridgehead atoms. The van der Waals surface area contributed by atoms with Crippen LogP contribution in [0.1, 0.15) is 17.6 Å². The second-order valence-corrected chi connectivity index (χ2v) is 3.18. The SMILES string of the molecule is N#CCc1c(F)cnc(Br)c1C(F)F. The van der Waals surface area contributed by atoms with Crippen LogP contribution in [-0.2, 0) is 6.42 Å². The van der Waals surface area contributed by atoms with Crippen LogP contribution in [0.4, 0.5) is 13.2 Å². The number of halogens is 4. The molecule has 2 nitrogen and oxygen atoms in total. The van der Waals surface area contributed by atoms with Gasteiger partial charge in [0.1, 0.15) is 10.4 Å². The first-order valence-electron chi connectivity index (χ1n) is 3.55. The normalized spacial score (nSPS) is 10.3. The number of alkyl halides is 2. The van der Waals surface area contributed by atoms with E-state index in [1.54, 1.807) is 6.07 Å². The summed E-state index contributed by atoms with van der Waals surface area (Å²) in [4.78, 5) is 3.40. The van der Waals surface area contributed by atoms with Crippen LogP contribution in [0, 0.1) is 17.1 Å². The Balaban J connectivity index is 3.35. The Hall–Kier alpha value is -1.09. The largest absolute Gasteiger partial charge is 0.266 e. The van der Waals surface area contributed by atoms with Crippen LogP contribution >= 0.6 is 15.9 Å². The van der Waals surface area contributed by atoms with Gasteiger partial charge in [-0.1, -0.05) is 0 Å². The van der Waals surface area contributed by atoms with Crippen LogP contribution in [0.3, 0.4) is 0 Å². The minimum Gasteiger partial charge on any atom is -0.246 e. The van der Waals surface area contributed by atoms with Crippen molar-refractivity contribution in [3.8, 4) is 6.07 Å². The fraction of sp³-hybridized carbons (Fsp3) is 0.250. The van der Waals surface area contributed by atoms with Crippen molar-refractivity contribution < 1.29 is 13.2 Å². The number of pyridine rings is 1. The van der Waals surface area contributed by atoms with Gasteiger partial charge in [-0.15, -0.1) is 0 Å². The number of nitrogens with zero attached hydrogens (tertiary/aromatic N) is 2. The van der Waals surface area contributed by atoms with E-state index in [0.29, 0.717) is 0 Å². The number of hydrogen-bond donors (Lipinski definition) is 0. The van der Waals surface area contributed by atoms with E-state index in [0.717, 1.165) is 6.20 Å². The molecule has 1 aromatic heterocycles. The quantitative estimate of drug-likeness (QED) is 0.771. The van der Waals surface area contributed by atoms with E-state index in [-0.39, 0.29) is 10.2 Å². The summed E-state index contributed by atoms with van der Waals surface area (Å²) >= 11 is 2.78. The van der Waals surface area contributed by atoms with E-state index < -0.39 is 24.2 Å². The second kappa shape index (κ2) is 4.42. The van der Waals surface area contributed by atoms with Crippen molar-refractivity contribution in [2.45, 2.75) is 12.8 Å². The molecule has 1 rings (SSSR count). The average molecular weight is 265 g/mol. The zero-order valence-corrected chi connectivity index (χ0v) is 8.35. The van der Waals surface area contributed by atoms with E-state index in [1.807, 2.05) is 0 Å². The fourth-order valence-electron chi connectivity index (χ4n) is 0.994. The average Bonchev–Trinajstić information content (AvgIpc) is 2.11. The van der Waals surface area contributed by atoms with Gasteiger partial charge >= 0.3 is 0 Å². The Labute approximate surface area is 86.5 Å². The predicted molar refractivity (Wildman–Crippen MR) is 46.2 cm³/mol. The van der Waals surface area contributed by atoms with Crippen molar-refractivity contribution >= 4 is 15.9 Å². The molecular weight excluding hydrogens is 261 g/mol. The zero-order valence-electron chi connectivity index (χ0n) is 6.77. The molecule has 14 heavy (non-hydrogen) atoms. The van der Waals surface area contributed by atoms with Gasteiger partial charge in [-0.25, -0.2) is 18.2 Å². The maximum absolute atomic E-state index is 13.0. The molecule has 1 heterocycles. The number of rotatable bonds is 2. The highest BCUT2D eigenvalue weighted by Crippen LogP contribution is 2.30. The van der Waals surface area contributed by atoms with Crippen molar-refractivity contribution in [1.82, 2.24) is 4.98 Å². The Morgan fingerprint density at radius 2 is 2.21 bits per heavy atom. The summed E-state index contributed by atoms with van der Waals surface area (Å²) < 4.78 is 37.8. The molecular formula is C8H4BrF3N2. The maximum Gasteiger partial charge on any atom is 0.266 e. The van der Waals surface area contributed by atoms with E-state index >= 15 is 0 Å². The van der Waals surface area contributed by atoms with Gasteiger partial charge in [-0.2, -0.15) is 5.26 Å². The smallest absolute Gasteiger partial charge is 0.246 e. The van der Waals surface area contributed by atoms with Gasteiger partial charge in [0.05, 0.1) is 24.3 Å². The molecule has 0 atom stereocenters. The Kier molecular flexibility index (Phi) is 3.47. The molecule has 0 saturated heterocycles. The van der Waals surface area contributed by atoms with Gasteiger partial charge < -0.3 is 0 Å². The predicted octanol–water partition coefficient (Wildman–Crippen LogP) is 2.99. The molecule has 0 aliphatic carbocycles. The first kappa shape index (κ1) is 11.0. The lowest BCUT2D eigenvalue weighted by molar-refractivity contribution is 0.148. The molecule has 0 fully saturated rings. The third kappa shape index (κ3) is 2.04. The number of nitriles is 1. The first-order chi connectivity index (χ1) is 6.57. The standard InChI is InChI=1S/C8H4BrF3N2/c9-7-6(8(11)12)4(1-2-13)5(10)3-14-7/h3,8H,1H2. The van der Waals surface area contributed by atoms with Crippen LogP contribution in [-0.4, -0.2) is 4.98 Å². The minimum absolute atomic E-state index is 0.126. The molecule has 0 spiro atoms. The summed E-state index contributed by atoms with van der Waals surface area (Å²) in [5.74, 6) is -0.884. The fourth-order valence-corrected chi connectivity index (χ4v) is 1.51. The first-order valence-corrected chi connectivity index (χ1v) is 4.35.